The van der Waals surface area contributed by atoms with E-state index in [0.717, 1.165) is 0 Å². The summed E-state index contributed by atoms with van der Waals surface area (Å²) in [6.07, 6.45) is 0.392. The molecule has 0 saturated carbocycles. The van der Waals surface area contributed by atoms with Crippen molar-refractivity contribution in [2.45, 2.75) is 51.6 Å². The van der Waals surface area contributed by atoms with E-state index in [1.54, 1.807) is 37.3 Å². The molecule has 0 aliphatic carbocycles. The molecular weight excluding hydrogens is 555 g/mol. The van der Waals surface area contributed by atoms with Gasteiger partial charge in [0.25, 0.3) is 11.8 Å². The van der Waals surface area contributed by atoms with E-state index in [1.165, 1.54) is 32.0 Å². The third kappa shape index (κ3) is 9.78. The smallest absolute Gasteiger partial charge is 0.383 e. The minimum atomic E-state index is -4.36. The number of ketones is 1. The SMILES string of the molecule is CCCNC(=O)C(F)(F)C(=O)[C@@H](NC(=O)C(Cc1ccccc1)NC(=O)COc1cc(Cl)cc(Cl)c1)C(C)C. The maximum atomic E-state index is 14.7. The molecule has 0 aromatic heterocycles. The van der Waals surface area contributed by atoms with Crippen LogP contribution in [0.5, 0.6) is 5.75 Å². The van der Waals surface area contributed by atoms with Gasteiger partial charge in [-0.2, -0.15) is 8.78 Å². The van der Waals surface area contributed by atoms with E-state index in [1.807, 2.05) is 5.32 Å². The number of halogens is 4. The van der Waals surface area contributed by atoms with Crippen LogP contribution in [0, 0.1) is 5.92 Å². The Hall–Kier alpha value is -3.24. The zero-order valence-electron chi connectivity index (χ0n) is 21.7. The first kappa shape index (κ1) is 32.0. The number of ether oxygens (including phenoxy) is 1. The summed E-state index contributed by atoms with van der Waals surface area (Å²) >= 11 is 11.9. The molecule has 0 fully saturated rings. The van der Waals surface area contributed by atoms with Crippen LogP contribution in [-0.2, 0) is 25.6 Å². The number of carbonyl (C=O) groups is 4. The van der Waals surface area contributed by atoms with Crippen LogP contribution in [0.2, 0.25) is 10.0 Å². The summed E-state index contributed by atoms with van der Waals surface area (Å²) in [5.41, 5.74) is 0.664. The third-order valence-electron chi connectivity index (χ3n) is 5.52. The fourth-order valence-corrected chi connectivity index (χ4v) is 4.01. The molecule has 8 nitrogen and oxygen atoms in total. The van der Waals surface area contributed by atoms with Crippen molar-refractivity contribution in [2.24, 2.45) is 5.92 Å². The Bertz CT molecular complexity index is 1150. The molecule has 0 radical (unpaired) electrons. The number of hydrogen-bond acceptors (Lipinski definition) is 5. The highest BCUT2D eigenvalue weighted by atomic mass is 35.5. The monoisotopic (exact) mass is 585 g/mol. The molecule has 0 aliphatic heterocycles. The number of amides is 3. The molecule has 39 heavy (non-hydrogen) atoms. The molecule has 212 valence electrons. The molecule has 2 rings (SSSR count). The molecule has 0 spiro atoms. The van der Waals surface area contributed by atoms with Crippen molar-refractivity contribution in [3.05, 3.63) is 64.1 Å². The van der Waals surface area contributed by atoms with Crippen LogP contribution in [0.15, 0.2) is 48.5 Å². The quantitative estimate of drug-likeness (QED) is 0.290. The highest BCUT2D eigenvalue weighted by Crippen LogP contribution is 2.24. The van der Waals surface area contributed by atoms with Gasteiger partial charge >= 0.3 is 5.92 Å². The van der Waals surface area contributed by atoms with E-state index in [4.69, 9.17) is 27.9 Å². The van der Waals surface area contributed by atoms with E-state index < -0.39 is 54.0 Å². The third-order valence-corrected chi connectivity index (χ3v) is 5.95. The lowest BCUT2D eigenvalue weighted by molar-refractivity contribution is -0.161. The molecule has 0 heterocycles. The molecule has 1 unspecified atom stereocenters. The van der Waals surface area contributed by atoms with Gasteiger partial charge in [0.15, 0.2) is 6.61 Å². The minimum absolute atomic E-state index is 0.00616. The van der Waals surface area contributed by atoms with Gasteiger partial charge < -0.3 is 20.7 Å². The fourth-order valence-electron chi connectivity index (χ4n) is 3.50. The van der Waals surface area contributed by atoms with Crippen molar-refractivity contribution in [1.82, 2.24) is 16.0 Å². The van der Waals surface area contributed by atoms with Crippen LogP contribution in [0.3, 0.4) is 0 Å². The summed E-state index contributed by atoms with van der Waals surface area (Å²) in [5.74, 6) is -9.97. The minimum Gasteiger partial charge on any atom is -0.484 e. The molecule has 0 aliphatic rings. The van der Waals surface area contributed by atoms with Gasteiger partial charge in [0, 0.05) is 23.0 Å². The molecule has 2 aromatic carbocycles. The summed E-state index contributed by atoms with van der Waals surface area (Å²) in [5, 5.41) is 7.42. The van der Waals surface area contributed by atoms with E-state index in [-0.39, 0.29) is 18.7 Å². The lowest BCUT2D eigenvalue weighted by Crippen LogP contribution is -2.59. The predicted molar refractivity (Wildman–Crippen MR) is 144 cm³/mol. The zero-order chi connectivity index (χ0) is 29.2. The van der Waals surface area contributed by atoms with Crippen molar-refractivity contribution in [2.75, 3.05) is 13.2 Å². The Balaban J connectivity index is 2.20. The van der Waals surface area contributed by atoms with Crippen molar-refractivity contribution in [3.63, 3.8) is 0 Å². The first-order valence-electron chi connectivity index (χ1n) is 12.3. The lowest BCUT2D eigenvalue weighted by atomic mass is 9.94. The lowest BCUT2D eigenvalue weighted by Gasteiger charge is -2.27. The van der Waals surface area contributed by atoms with Gasteiger partial charge in [-0.25, -0.2) is 0 Å². The molecule has 2 aromatic rings. The standard InChI is InChI=1S/C27H31Cl2F2N3O5/c1-4-10-32-26(38)27(30,31)24(36)23(16(2)3)34-25(37)21(11-17-8-6-5-7-9-17)33-22(35)15-39-20-13-18(28)12-19(29)14-20/h5-9,12-14,16,21,23H,4,10-11,15H2,1-3H3,(H,32,38)(H,33,35)(H,34,37)/t21?,23-/m0/s1. The van der Waals surface area contributed by atoms with Crippen LogP contribution < -0.4 is 20.7 Å². The van der Waals surface area contributed by atoms with Crippen LogP contribution in [0.25, 0.3) is 0 Å². The second kappa shape index (κ2) is 14.8. The largest absolute Gasteiger partial charge is 0.484 e. The van der Waals surface area contributed by atoms with Gasteiger partial charge in [-0.1, -0.05) is 74.3 Å². The number of Topliss-reactive ketones (excluding diaryl/α,β-unsaturated/α-hetero) is 1. The van der Waals surface area contributed by atoms with Gasteiger partial charge in [-0.3, -0.25) is 19.2 Å². The molecule has 3 N–H and O–H groups in total. The van der Waals surface area contributed by atoms with Gasteiger partial charge in [-0.05, 0) is 36.1 Å². The van der Waals surface area contributed by atoms with Gasteiger partial charge in [0.05, 0.1) is 6.04 Å². The first-order chi connectivity index (χ1) is 18.3. The first-order valence-corrected chi connectivity index (χ1v) is 13.0. The van der Waals surface area contributed by atoms with Crippen molar-refractivity contribution >= 4 is 46.7 Å². The Morgan fingerprint density at radius 2 is 1.59 bits per heavy atom. The number of rotatable bonds is 14. The molecular formula is C27H31Cl2F2N3O5. The zero-order valence-corrected chi connectivity index (χ0v) is 23.2. The predicted octanol–water partition coefficient (Wildman–Crippen LogP) is 3.97. The van der Waals surface area contributed by atoms with E-state index in [9.17, 15) is 28.0 Å². The normalized spacial score (nSPS) is 12.8. The topological polar surface area (TPSA) is 114 Å². The summed E-state index contributed by atoms with van der Waals surface area (Å²) < 4.78 is 34.7. The van der Waals surface area contributed by atoms with Crippen molar-refractivity contribution < 1.29 is 32.7 Å². The Morgan fingerprint density at radius 3 is 2.15 bits per heavy atom. The number of benzene rings is 2. The molecule has 3 amide bonds. The van der Waals surface area contributed by atoms with E-state index in [0.29, 0.717) is 22.0 Å². The summed E-state index contributed by atoms with van der Waals surface area (Å²) in [6, 6.07) is 10.1. The van der Waals surface area contributed by atoms with Gasteiger partial charge in [0.1, 0.15) is 11.8 Å². The maximum absolute atomic E-state index is 14.7. The molecule has 2 atom stereocenters. The summed E-state index contributed by atoms with van der Waals surface area (Å²) in [4.78, 5) is 50.6. The Labute approximate surface area is 235 Å². The van der Waals surface area contributed by atoms with Crippen molar-refractivity contribution in [1.29, 1.82) is 0 Å². The van der Waals surface area contributed by atoms with Crippen LogP contribution in [0.4, 0.5) is 8.78 Å². The van der Waals surface area contributed by atoms with Crippen LogP contribution in [-0.4, -0.2) is 54.7 Å². The average Bonchev–Trinajstić information content (AvgIpc) is 2.88. The fraction of sp³-hybridized carbons (Fsp3) is 0.407. The second-order valence-electron chi connectivity index (χ2n) is 9.13. The molecule has 0 saturated heterocycles. The Morgan fingerprint density at radius 1 is 0.974 bits per heavy atom. The average molecular weight is 586 g/mol. The number of carbonyl (C=O) groups excluding carboxylic acids is 4. The number of nitrogens with one attached hydrogen (secondary N) is 3. The summed E-state index contributed by atoms with van der Waals surface area (Å²) in [7, 11) is 0. The summed E-state index contributed by atoms with van der Waals surface area (Å²) in [6.45, 7) is 4.05. The number of hydrogen-bond donors (Lipinski definition) is 3. The maximum Gasteiger partial charge on any atom is 0.383 e. The van der Waals surface area contributed by atoms with Gasteiger partial charge in [-0.15, -0.1) is 0 Å². The van der Waals surface area contributed by atoms with E-state index >= 15 is 0 Å². The molecule has 12 heteroatoms. The van der Waals surface area contributed by atoms with Crippen LogP contribution in [0.1, 0.15) is 32.8 Å². The van der Waals surface area contributed by atoms with Crippen LogP contribution >= 0.6 is 23.2 Å². The molecule has 0 bridgehead atoms. The van der Waals surface area contributed by atoms with Gasteiger partial charge in [0.2, 0.25) is 11.7 Å². The highest BCUT2D eigenvalue weighted by Gasteiger charge is 2.51. The Kier molecular flexibility index (Phi) is 12.1. The number of alkyl halides is 2. The van der Waals surface area contributed by atoms with Crippen molar-refractivity contribution in [3.8, 4) is 5.75 Å². The second-order valence-corrected chi connectivity index (χ2v) is 10.0. The highest BCUT2D eigenvalue weighted by molar-refractivity contribution is 6.34. The van der Waals surface area contributed by atoms with E-state index in [2.05, 4.69) is 10.6 Å².